The molecule has 3 rings (SSSR count). The number of hydrogen-bond donors (Lipinski definition) is 1. The first-order valence-electron chi connectivity index (χ1n) is 9.11. The van der Waals surface area contributed by atoms with Gasteiger partial charge in [-0.25, -0.2) is 0 Å². The average molecular weight is 329 g/mol. The Morgan fingerprint density at radius 2 is 1.28 bits per heavy atom. The van der Waals surface area contributed by atoms with Gasteiger partial charge in [0, 0.05) is 11.4 Å². The van der Waals surface area contributed by atoms with Crippen LogP contribution in [-0.4, -0.2) is 0 Å². The van der Waals surface area contributed by atoms with Crippen LogP contribution in [0.1, 0.15) is 50.7 Å². The summed E-state index contributed by atoms with van der Waals surface area (Å²) in [5, 5.41) is 3.44. The first-order chi connectivity index (χ1) is 12.0. The van der Waals surface area contributed by atoms with E-state index >= 15 is 0 Å². The summed E-state index contributed by atoms with van der Waals surface area (Å²) in [5.74, 6) is 1.07. The topological polar surface area (TPSA) is 12.0 Å². The van der Waals surface area contributed by atoms with Gasteiger partial charge in [-0.05, 0) is 58.4 Å². The molecule has 0 unspecified atom stereocenters. The first-order valence-corrected chi connectivity index (χ1v) is 9.11. The molecule has 0 aliphatic carbocycles. The van der Waals surface area contributed by atoms with E-state index < -0.39 is 0 Å². The third-order valence-electron chi connectivity index (χ3n) is 4.62. The second kappa shape index (κ2) is 7.57. The van der Waals surface area contributed by atoms with Gasteiger partial charge in [0.1, 0.15) is 0 Å². The Morgan fingerprint density at radius 1 is 0.640 bits per heavy atom. The van der Waals surface area contributed by atoms with Gasteiger partial charge in [-0.15, -0.1) is 0 Å². The third-order valence-corrected chi connectivity index (χ3v) is 4.62. The highest BCUT2D eigenvalue weighted by molar-refractivity contribution is 5.71. The minimum Gasteiger partial charge on any atom is -0.356 e. The molecule has 25 heavy (non-hydrogen) atoms. The number of anilines is 2. The van der Waals surface area contributed by atoms with Gasteiger partial charge >= 0.3 is 0 Å². The number of rotatable bonds is 5. The van der Waals surface area contributed by atoms with Gasteiger partial charge < -0.3 is 5.32 Å². The van der Waals surface area contributed by atoms with Crippen molar-refractivity contribution in [2.45, 2.75) is 39.5 Å². The lowest BCUT2D eigenvalue weighted by Crippen LogP contribution is -1.97. The Balaban J connectivity index is 1.89. The number of benzene rings is 3. The monoisotopic (exact) mass is 329 g/mol. The van der Waals surface area contributed by atoms with Crippen molar-refractivity contribution in [1.82, 2.24) is 0 Å². The van der Waals surface area contributed by atoms with Crippen molar-refractivity contribution in [3.05, 3.63) is 83.9 Å². The summed E-state index contributed by atoms with van der Waals surface area (Å²) >= 11 is 0. The second-order valence-electron chi connectivity index (χ2n) is 7.22. The van der Waals surface area contributed by atoms with Crippen LogP contribution in [0, 0.1) is 0 Å². The molecule has 3 aromatic carbocycles. The van der Waals surface area contributed by atoms with Crippen molar-refractivity contribution < 1.29 is 0 Å². The maximum absolute atomic E-state index is 3.44. The molecule has 0 aromatic heterocycles. The van der Waals surface area contributed by atoms with Gasteiger partial charge in [-0.1, -0.05) is 76.2 Å². The van der Waals surface area contributed by atoms with Crippen LogP contribution < -0.4 is 5.32 Å². The molecule has 0 heterocycles. The first kappa shape index (κ1) is 17.3. The highest BCUT2D eigenvalue weighted by Crippen LogP contribution is 2.33. The van der Waals surface area contributed by atoms with Crippen LogP contribution in [0.2, 0.25) is 0 Å². The number of para-hydroxylation sites is 1. The minimum absolute atomic E-state index is 0.510. The van der Waals surface area contributed by atoms with Crippen molar-refractivity contribution in [1.29, 1.82) is 0 Å². The molecule has 0 aliphatic rings. The fraction of sp³-hybridized carbons (Fsp3) is 0.250. The van der Waals surface area contributed by atoms with E-state index in [2.05, 4.69) is 87.6 Å². The van der Waals surface area contributed by atoms with Gasteiger partial charge in [0.05, 0.1) is 0 Å². The summed E-state index contributed by atoms with van der Waals surface area (Å²) in [6, 6.07) is 25.9. The largest absolute Gasteiger partial charge is 0.356 e. The summed E-state index contributed by atoms with van der Waals surface area (Å²) < 4.78 is 0. The van der Waals surface area contributed by atoms with Gasteiger partial charge in [0.25, 0.3) is 0 Å². The molecule has 1 heteroatoms. The van der Waals surface area contributed by atoms with E-state index in [9.17, 15) is 0 Å². The van der Waals surface area contributed by atoms with Gasteiger partial charge in [-0.3, -0.25) is 0 Å². The van der Waals surface area contributed by atoms with Crippen LogP contribution >= 0.6 is 0 Å². The summed E-state index contributed by atoms with van der Waals surface area (Å²) in [4.78, 5) is 0. The van der Waals surface area contributed by atoms with Crippen LogP contribution in [0.5, 0.6) is 0 Å². The summed E-state index contributed by atoms with van der Waals surface area (Å²) in [6.07, 6.45) is 0. The molecule has 0 saturated carbocycles. The van der Waals surface area contributed by atoms with E-state index in [0.29, 0.717) is 11.8 Å². The van der Waals surface area contributed by atoms with Crippen molar-refractivity contribution >= 4 is 11.4 Å². The average Bonchev–Trinajstić information content (AvgIpc) is 2.62. The van der Waals surface area contributed by atoms with E-state index in [4.69, 9.17) is 0 Å². The highest BCUT2D eigenvalue weighted by atomic mass is 14.9. The molecule has 3 aromatic rings. The normalized spacial score (nSPS) is 11.1. The Hall–Kier alpha value is -2.54. The van der Waals surface area contributed by atoms with Crippen LogP contribution in [0.4, 0.5) is 11.4 Å². The summed E-state index contributed by atoms with van der Waals surface area (Å²) in [6.45, 7) is 9.05. The molecule has 128 valence electrons. The van der Waals surface area contributed by atoms with Crippen LogP contribution in [0.15, 0.2) is 72.8 Å². The van der Waals surface area contributed by atoms with E-state index in [1.54, 1.807) is 0 Å². The molecule has 0 bridgehead atoms. The SMILES string of the molecule is CC(C)c1ccc(-c2ccc(Nc3ccccc3)cc2)c(C(C)C)c1. The number of hydrogen-bond acceptors (Lipinski definition) is 1. The Bertz CT molecular complexity index is 814. The molecular weight excluding hydrogens is 302 g/mol. The number of nitrogens with one attached hydrogen (secondary N) is 1. The van der Waals surface area contributed by atoms with Crippen LogP contribution in [0.3, 0.4) is 0 Å². The molecule has 0 saturated heterocycles. The van der Waals surface area contributed by atoms with E-state index in [1.807, 2.05) is 18.2 Å². The lowest BCUT2D eigenvalue weighted by Gasteiger charge is -2.17. The molecule has 0 amide bonds. The highest BCUT2D eigenvalue weighted by Gasteiger charge is 2.11. The van der Waals surface area contributed by atoms with Gasteiger partial charge in [0.15, 0.2) is 0 Å². The van der Waals surface area contributed by atoms with Crippen molar-refractivity contribution in [2.75, 3.05) is 5.32 Å². The van der Waals surface area contributed by atoms with Crippen LogP contribution in [-0.2, 0) is 0 Å². The molecule has 1 N–H and O–H groups in total. The minimum atomic E-state index is 0.510. The van der Waals surface area contributed by atoms with E-state index in [0.717, 1.165) is 11.4 Å². The molecule has 1 nitrogen and oxygen atoms in total. The Labute approximate surface area is 151 Å². The maximum Gasteiger partial charge on any atom is 0.0384 e. The zero-order chi connectivity index (χ0) is 17.8. The second-order valence-corrected chi connectivity index (χ2v) is 7.22. The predicted octanol–water partition coefficient (Wildman–Crippen LogP) is 7.34. The lowest BCUT2D eigenvalue weighted by molar-refractivity contribution is 0.835. The summed E-state index contributed by atoms with van der Waals surface area (Å²) in [5.41, 5.74) is 7.67. The molecule has 0 fully saturated rings. The van der Waals surface area contributed by atoms with Crippen molar-refractivity contribution in [3.8, 4) is 11.1 Å². The van der Waals surface area contributed by atoms with E-state index in [1.165, 1.54) is 22.3 Å². The molecule has 0 spiro atoms. The van der Waals surface area contributed by atoms with Crippen molar-refractivity contribution in [2.24, 2.45) is 0 Å². The van der Waals surface area contributed by atoms with Crippen LogP contribution in [0.25, 0.3) is 11.1 Å². The molecule has 0 atom stereocenters. The predicted molar refractivity (Wildman–Crippen MR) is 110 cm³/mol. The fourth-order valence-electron chi connectivity index (χ4n) is 3.10. The zero-order valence-corrected chi connectivity index (χ0v) is 15.6. The zero-order valence-electron chi connectivity index (χ0n) is 15.6. The Morgan fingerprint density at radius 3 is 1.88 bits per heavy atom. The van der Waals surface area contributed by atoms with E-state index in [-0.39, 0.29) is 0 Å². The molecule has 0 radical (unpaired) electrons. The lowest BCUT2D eigenvalue weighted by atomic mass is 9.88. The van der Waals surface area contributed by atoms with Crippen molar-refractivity contribution in [3.63, 3.8) is 0 Å². The quantitative estimate of drug-likeness (QED) is 0.516. The fourth-order valence-corrected chi connectivity index (χ4v) is 3.10. The summed E-state index contributed by atoms with van der Waals surface area (Å²) in [7, 11) is 0. The Kier molecular flexibility index (Phi) is 5.23. The molecular formula is C24H27N. The maximum atomic E-state index is 3.44. The standard InChI is InChI=1S/C24H27N/c1-17(2)20-12-15-23(24(16-20)18(3)4)19-10-13-22(14-11-19)25-21-8-6-5-7-9-21/h5-18,25H,1-4H3. The van der Waals surface area contributed by atoms with Gasteiger partial charge in [-0.2, -0.15) is 0 Å². The third kappa shape index (κ3) is 4.11. The van der Waals surface area contributed by atoms with Gasteiger partial charge in [0.2, 0.25) is 0 Å². The smallest absolute Gasteiger partial charge is 0.0384 e. The molecule has 0 aliphatic heterocycles.